The van der Waals surface area contributed by atoms with Crippen molar-refractivity contribution in [2.75, 3.05) is 20.2 Å². The molecule has 2 aromatic carbocycles. The zero-order chi connectivity index (χ0) is 49.7. The van der Waals surface area contributed by atoms with E-state index in [0.717, 1.165) is 16.7 Å². The number of nitrogens with zero attached hydrogens (tertiary/aromatic N) is 3. The predicted octanol–water partition coefficient (Wildman–Crippen LogP) is -2.91. The standard InChI is InChI=1S/C42H59N9O15S/c1-22(2)33-41(61)66-23(3)34(49-37(57)31(53)21-65-67(62,63)64)38(58)46-27(11-8-18-45-42(43)44)35(55)47-28-16-17-32(54)51(39(28)59)30(20-24-9-6-5-7-10-24)40(60)50(4)29(36(56)48-33)19-25-12-14-26(52)15-13-25/h5-7,9-10,12-15,22-23,27-34,52-54H,8,11,16-21H2,1-4H3,(H,46,58)(H,47,55)(H,48,56)(H,49,57)(H4,43,44,45)(H,62,63,64)/t23-,27?,28+,29+,30?,31-,32-,33+,34?/m1/s1. The Labute approximate surface area is 386 Å². The highest BCUT2D eigenvalue weighted by atomic mass is 32.3. The molecule has 2 heterocycles. The second-order valence-corrected chi connectivity index (χ2v) is 17.6. The van der Waals surface area contributed by atoms with E-state index >= 15 is 0 Å². The molecule has 67 heavy (non-hydrogen) atoms. The van der Waals surface area contributed by atoms with Gasteiger partial charge in [-0.1, -0.05) is 56.3 Å². The quantitative estimate of drug-likeness (QED) is 0.0298. The zero-order valence-corrected chi connectivity index (χ0v) is 38.1. The number of fused-ring (bicyclic) bond motifs is 2. The van der Waals surface area contributed by atoms with Crippen LogP contribution in [-0.2, 0) is 65.7 Å². The van der Waals surface area contributed by atoms with Gasteiger partial charge in [0.05, 0.1) is 0 Å². The topological polar surface area (TPSA) is 372 Å². The molecule has 0 radical (unpaired) electrons. The van der Waals surface area contributed by atoms with Gasteiger partial charge in [-0.3, -0.25) is 38.3 Å². The molecular weight excluding hydrogens is 903 g/mol. The van der Waals surface area contributed by atoms with Gasteiger partial charge in [0.2, 0.25) is 29.5 Å². The van der Waals surface area contributed by atoms with E-state index < -0.39 is 119 Å². The first-order chi connectivity index (χ1) is 31.5. The number of nitrogens with one attached hydrogen (secondary N) is 4. The molecule has 2 aromatic rings. The highest BCUT2D eigenvalue weighted by molar-refractivity contribution is 7.80. The number of hydrogen-bond donors (Lipinski definition) is 10. The number of ether oxygens (including phenoxy) is 1. The number of aliphatic hydroxyl groups is 2. The van der Waals surface area contributed by atoms with E-state index in [-0.39, 0.29) is 56.8 Å². The fourth-order valence-electron chi connectivity index (χ4n) is 7.44. The van der Waals surface area contributed by atoms with Crippen LogP contribution in [0.15, 0.2) is 59.6 Å². The SMILES string of the molecule is CC(C)[C@@H]1NC(=O)[C@H](Cc2ccc(O)cc2)N(C)C(=O)C(Cc2ccccc2)N2C(=O)[C@H](CC[C@H]2O)NC(=O)C(CCCN=C(N)N)NC(=O)C(NC(=O)[C@H](O)COS(=O)(=O)O)[C@@H](C)OC1=O. The Morgan fingerprint density at radius 1 is 0.910 bits per heavy atom. The minimum absolute atomic E-state index is 0.0364. The largest absolute Gasteiger partial charge is 0.508 e. The van der Waals surface area contributed by atoms with E-state index in [4.69, 9.17) is 20.8 Å². The second-order valence-electron chi connectivity index (χ2n) is 16.5. The summed E-state index contributed by atoms with van der Waals surface area (Å²) in [6, 6.07) is 4.98. The van der Waals surface area contributed by atoms with E-state index in [1.807, 2.05) is 0 Å². The molecule has 4 rings (SSSR count). The number of esters is 1. The molecule has 0 aliphatic carbocycles. The van der Waals surface area contributed by atoms with Crippen molar-refractivity contribution in [3.05, 3.63) is 65.7 Å². The molecule has 2 aliphatic rings. The number of cyclic esters (lactones) is 1. The highest BCUT2D eigenvalue weighted by Crippen LogP contribution is 2.25. The van der Waals surface area contributed by atoms with Crippen LogP contribution in [0.5, 0.6) is 5.75 Å². The zero-order valence-electron chi connectivity index (χ0n) is 37.3. The van der Waals surface area contributed by atoms with Gasteiger partial charge in [-0.25, -0.2) is 8.98 Å². The van der Waals surface area contributed by atoms with E-state index in [1.54, 1.807) is 44.2 Å². The average Bonchev–Trinajstić information content (AvgIpc) is 3.26. The van der Waals surface area contributed by atoms with Gasteiger partial charge in [-0.15, -0.1) is 0 Å². The van der Waals surface area contributed by atoms with Crippen molar-refractivity contribution >= 4 is 57.8 Å². The van der Waals surface area contributed by atoms with Crippen molar-refractivity contribution in [3.8, 4) is 5.75 Å². The first-order valence-corrected chi connectivity index (χ1v) is 22.7. The predicted molar refractivity (Wildman–Crippen MR) is 236 cm³/mol. The summed E-state index contributed by atoms with van der Waals surface area (Å²) < 4.78 is 41.0. The monoisotopic (exact) mass is 961 g/mol. The molecule has 24 nitrogen and oxygen atoms in total. The van der Waals surface area contributed by atoms with Crippen molar-refractivity contribution in [3.63, 3.8) is 0 Å². The van der Waals surface area contributed by atoms with E-state index in [0.29, 0.717) is 11.1 Å². The van der Waals surface area contributed by atoms with E-state index in [9.17, 15) is 57.3 Å². The summed E-state index contributed by atoms with van der Waals surface area (Å²) in [4.78, 5) is 106. The van der Waals surface area contributed by atoms with Gasteiger partial charge in [-0.05, 0) is 61.8 Å². The van der Waals surface area contributed by atoms with Crippen molar-refractivity contribution in [2.24, 2.45) is 22.4 Å². The van der Waals surface area contributed by atoms with Crippen LogP contribution in [0.1, 0.15) is 57.6 Å². The van der Waals surface area contributed by atoms with Gasteiger partial charge in [0.1, 0.15) is 60.9 Å². The number of benzene rings is 2. The molecule has 2 fully saturated rings. The number of aliphatic hydroxyl groups excluding tert-OH is 2. The molecular formula is C42H59N9O15S. The second kappa shape index (κ2) is 23.9. The maximum atomic E-state index is 15.0. The maximum absolute atomic E-state index is 15.0. The number of piperidine rings is 1. The summed E-state index contributed by atoms with van der Waals surface area (Å²) in [5.41, 5.74) is 12.0. The van der Waals surface area contributed by atoms with Crippen molar-refractivity contribution in [1.82, 2.24) is 31.1 Å². The van der Waals surface area contributed by atoms with E-state index in [1.165, 1.54) is 31.3 Å². The van der Waals surface area contributed by atoms with Crippen LogP contribution >= 0.6 is 0 Å². The molecule has 25 heteroatoms. The number of guanidine groups is 1. The Kier molecular flexibility index (Phi) is 18.9. The van der Waals surface area contributed by atoms with Crippen LogP contribution in [0.2, 0.25) is 0 Å². The van der Waals surface area contributed by atoms with E-state index in [2.05, 4.69) is 30.4 Å². The third kappa shape index (κ3) is 15.3. The summed E-state index contributed by atoms with van der Waals surface area (Å²) >= 11 is 0. The number of aromatic hydroxyl groups is 1. The Morgan fingerprint density at radius 2 is 1.54 bits per heavy atom. The van der Waals surface area contributed by atoms with Crippen molar-refractivity contribution < 1.29 is 70.8 Å². The minimum Gasteiger partial charge on any atom is -0.508 e. The molecule has 12 N–H and O–H groups in total. The number of phenolic OH excluding ortho intramolecular Hbond substituents is 1. The summed E-state index contributed by atoms with van der Waals surface area (Å²) in [7, 11) is -3.82. The van der Waals surface area contributed by atoms with Crippen LogP contribution in [-0.4, -0.2) is 160 Å². The summed E-state index contributed by atoms with van der Waals surface area (Å²) in [6.45, 7) is 2.92. The number of amides is 6. The Bertz CT molecular complexity index is 2230. The van der Waals surface area contributed by atoms with Gasteiger partial charge in [-0.2, -0.15) is 8.42 Å². The van der Waals surface area contributed by atoms with Gasteiger partial charge >= 0.3 is 16.4 Å². The lowest BCUT2D eigenvalue weighted by Gasteiger charge is -2.43. The molecule has 2 aliphatic heterocycles. The Balaban J connectivity index is 1.87. The maximum Gasteiger partial charge on any atom is 0.397 e. The first kappa shape index (κ1) is 53.2. The van der Waals surface area contributed by atoms with Gasteiger partial charge in [0.15, 0.2) is 12.1 Å². The normalized spacial score (nSPS) is 25.4. The molecule has 2 saturated heterocycles. The summed E-state index contributed by atoms with van der Waals surface area (Å²) in [6.07, 6.45) is -6.33. The lowest BCUT2D eigenvalue weighted by molar-refractivity contribution is -0.165. The van der Waals surface area contributed by atoms with Crippen molar-refractivity contribution in [1.29, 1.82) is 0 Å². The third-order valence-electron chi connectivity index (χ3n) is 11.1. The number of likely N-dealkylation sites (N-methyl/N-ethyl adjacent to an activating group) is 1. The van der Waals surface area contributed by atoms with Crippen LogP contribution in [0.25, 0.3) is 0 Å². The molecule has 0 spiro atoms. The lowest BCUT2D eigenvalue weighted by atomic mass is 9.95. The minimum atomic E-state index is -5.14. The smallest absolute Gasteiger partial charge is 0.397 e. The lowest BCUT2D eigenvalue weighted by Crippen LogP contribution is -2.65. The van der Waals surface area contributed by atoms with Crippen LogP contribution < -0.4 is 32.7 Å². The molecule has 9 atom stereocenters. The van der Waals surface area contributed by atoms with Gasteiger partial charge in [0.25, 0.3) is 5.91 Å². The van der Waals surface area contributed by atoms with Crippen molar-refractivity contribution in [2.45, 2.75) is 114 Å². The van der Waals surface area contributed by atoms with Gasteiger partial charge < -0.3 is 62.6 Å². The fraction of sp³-hybridized carbons (Fsp3) is 0.524. The fourth-order valence-corrected chi connectivity index (χ4v) is 7.74. The third-order valence-corrected chi connectivity index (χ3v) is 11.5. The number of phenols is 1. The summed E-state index contributed by atoms with van der Waals surface area (Å²) in [5.74, 6) is -8.40. The number of carbonyl (C=O) groups is 7. The molecule has 2 bridgehead atoms. The molecule has 368 valence electrons. The van der Waals surface area contributed by atoms with Crippen LogP contribution in [0, 0.1) is 5.92 Å². The average molecular weight is 962 g/mol. The Hall–Kier alpha value is -6.41. The number of rotatable bonds is 14. The van der Waals surface area contributed by atoms with Gasteiger partial charge in [0, 0.05) is 26.4 Å². The highest BCUT2D eigenvalue weighted by Gasteiger charge is 2.46. The molecule has 6 amide bonds. The number of nitrogens with two attached hydrogens (primary N) is 2. The number of hydrogen-bond acceptors (Lipinski definition) is 15. The Morgan fingerprint density at radius 3 is 2.15 bits per heavy atom. The molecule has 0 aromatic heterocycles. The molecule has 0 saturated carbocycles. The van der Waals surface area contributed by atoms with Crippen LogP contribution in [0.3, 0.4) is 0 Å². The van der Waals surface area contributed by atoms with Crippen LogP contribution in [0.4, 0.5) is 0 Å². The number of carbonyl (C=O) groups excluding carboxylic acids is 7. The molecule has 3 unspecified atom stereocenters. The number of aliphatic imine (C=N–C) groups is 1. The summed E-state index contributed by atoms with van der Waals surface area (Å²) in [5, 5.41) is 41.7. The first-order valence-electron chi connectivity index (χ1n) is 21.3.